The van der Waals surface area contributed by atoms with E-state index in [9.17, 15) is 26.3 Å². The molecule has 0 spiro atoms. The molecule has 0 saturated heterocycles. The Kier molecular flexibility index (Phi) is 6.14. The second-order valence-corrected chi connectivity index (χ2v) is 1.72. The fourth-order valence-electron chi connectivity index (χ4n) is 0. The first-order valence-corrected chi connectivity index (χ1v) is 2.91. The van der Waals surface area contributed by atoms with Crippen LogP contribution in [0.1, 0.15) is 13.3 Å². The molecular formula is C5H8F6O. The second kappa shape index (κ2) is 5.23. The summed E-state index contributed by atoms with van der Waals surface area (Å²) in [6.07, 6.45) is -11.2. The van der Waals surface area contributed by atoms with Crippen LogP contribution >= 0.6 is 0 Å². The third-order valence-electron chi connectivity index (χ3n) is 0.545. The molecule has 1 N–H and O–H groups in total. The van der Waals surface area contributed by atoms with Crippen molar-refractivity contribution in [3.8, 4) is 0 Å². The molecule has 0 unspecified atom stereocenters. The predicted octanol–water partition coefficient (Wildman–Crippen LogP) is 2.50. The summed E-state index contributed by atoms with van der Waals surface area (Å²) in [6, 6.07) is 0. The van der Waals surface area contributed by atoms with Crippen LogP contribution in [0.3, 0.4) is 0 Å². The zero-order valence-electron chi connectivity index (χ0n) is 6.13. The van der Waals surface area contributed by atoms with Crippen molar-refractivity contribution in [2.24, 2.45) is 0 Å². The number of halogens is 6. The second-order valence-electron chi connectivity index (χ2n) is 1.72. The summed E-state index contributed by atoms with van der Waals surface area (Å²) in [5.74, 6) is 0. The maximum atomic E-state index is 10.4. The Hall–Kier alpha value is -0.460. The quantitative estimate of drug-likeness (QED) is 0.642. The highest BCUT2D eigenvalue weighted by Gasteiger charge is 2.58. The van der Waals surface area contributed by atoms with Crippen LogP contribution < -0.4 is 0 Å². The van der Waals surface area contributed by atoms with Crippen molar-refractivity contribution in [2.75, 3.05) is 6.61 Å². The van der Waals surface area contributed by atoms with Crippen LogP contribution in [-0.4, -0.2) is 24.1 Å². The lowest BCUT2D eigenvalue weighted by atomic mass is 10.5. The fourth-order valence-corrected chi connectivity index (χ4v) is 0. The van der Waals surface area contributed by atoms with Crippen LogP contribution in [-0.2, 0) is 0 Å². The molecule has 7 heteroatoms. The Labute approximate surface area is 65.0 Å². The normalized spacial score (nSPS) is 12.0. The minimum atomic E-state index is -6.06. The summed E-state index contributed by atoms with van der Waals surface area (Å²) in [4.78, 5) is 0. The van der Waals surface area contributed by atoms with Crippen molar-refractivity contribution in [1.82, 2.24) is 0 Å². The molecule has 0 aromatic heterocycles. The van der Waals surface area contributed by atoms with Crippen molar-refractivity contribution in [3.63, 3.8) is 0 Å². The third-order valence-corrected chi connectivity index (χ3v) is 0.545. The summed E-state index contributed by atoms with van der Waals surface area (Å²) >= 11 is 0. The number of hydrogen-bond donors (Lipinski definition) is 1. The molecule has 0 saturated carbocycles. The Morgan fingerprint density at radius 1 is 0.917 bits per heavy atom. The van der Waals surface area contributed by atoms with Gasteiger partial charge in [-0.3, -0.25) is 0 Å². The molecule has 0 atom stereocenters. The maximum absolute atomic E-state index is 10.4. The van der Waals surface area contributed by atoms with E-state index in [0.717, 1.165) is 6.42 Å². The molecule has 0 radical (unpaired) electrons. The molecule has 0 bridgehead atoms. The largest absolute Gasteiger partial charge is 0.487 e. The van der Waals surface area contributed by atoms with Crippen molar-refractivity contribution in [1.29, 1.82) is 0 Å². The van der Waals surface area contributed by atoms with Gasteiger partial charge in [-0.1, -0.05) is 6.92 Å². The predicted molar refractivity (Wildman–Crippen MR) is 29.5 cm³/mol. The monoisotopic (exact) mass is 198 g/mol. The summed E-state index contributed by atoms with van der Waals surface area (Å²) in [6.45, 7) is 2.25. The highest BCUT2D eigenvalue weighted by molar-refractivity contribution is 4.59. The Morgan fingerprint density at radius 2 is 1.08 bits per heavy atom. The van der Waals surface area contributed by atoms with Gasteiger partial charge < -0.3 is 5.11 Å². The van der Waals surface area contributed by atoms with E-state index in [1.807, 2.05) is 6.92 Å². The zero-order chi connectivity index (χ0) is 10.4. The lowest BCUT2D eigenvalue weighted by molar-refractivity contribution is -0.339. The minimum Gasteiger partial charge on any atom is -0.396 e. The van der Waals surface area contributed by atoms with Crippen molar-refractivity contribution in [2.45, 2.75) is 25.7 Å². The van der Waals surface area contributed by atoms with E-state index in [-0.39, 0.29) is 0 Å². The molecule has 0 aliphatic carbocycles. The molecule has 0 amide bonds. The van der Waals surface area contributed by atoms with Gasteiger partial charge in [0.05, 0.1) is 0 Å². The van der Waals surface area contributed by atoms with Gasteiger partial charge in [-0.15, -0.1) is 0 Å². The molecule has 0 aliphatic rings. The van der Waals surface area contributed by atoms with E-state index in [1.54, 1.807) is 0 Å². The van der Waals surface area contributed by atoms with Crippen LogP contribution in [0, 0.1) is 0 Å². The molecular weight excluding hydrogens is 190 g/mol. The van der Waals surface area contributed by atoms with Gasteiger partial charge in [0.2, 0.25) is 0 Å². The highest BCUT2D eigenvalue weighted by atomic mass is 19.5. The Bertz CT molecular complexity index is 89.5. The standard InChI is InChI=1S/C3H8O.C2F6/c1-2-3-4;3-1(4,5)2(6,7)8/h4H,2-3H2,1H3;. The first-order chi connectivity index (χ1) is 5.16. The third kappa shape index (κ3) is 7.64. The van der Waals surface area contributed by atoms with Gasteiger partial charge in [0.15, 0.2) is 0 Å². The SMILES string of the molecule is CCCO.FC(F)(F)C(F)(F)F. The number of alkyl halides is 6. The number of aliphatic hydroxyl groups is 1. The average molecular weight is 198 g/mol. The summed E-state index contributed by atoms with van der Waals surface area (Å²) in [5, 5.41) is 7.88. The van der Waals surface area contributed by atoms with Gasteiger partial charge in [0.1, 0.15) is 0 Å². The molecule has 0 heterocycles. The van der Waals surface area contributed by atoms with Crippen molar-refractivity contribution >= 4 is 0 Å². The van der Waals surface area contributed by atoms with Crippen molar-refractivity contribution < 1.29 is 31.4 Å². The van der Waals surface area contributed by atoms with E-state index in [4.69, 9.17) is 5.11 Å². The van der Waals surface area contributed by atoms with Gasteiger partial charge >= 0.3 is 12.4 Å². The lowest BCUT2D eigenvalue weighted by Gasteiger charge is -2.08. The van der Waals surface area contributed by atoms with E-state index in [0.29, 0.717) is 6.61 Å². The maximum Gasteiger partial charge on any atom is 0.487 e. The summed E-state index contributed by atoms with van der Waals surface area (Å²) in [5.41, 5.74) is 0. The van der Waals surface area contributed by atoms with Crippen LogP contribution in [0.5, 0.6) is 0 Å². The van der Waals surface area contributed by atoms with Gasteiger partial charge in [0, 0.05) is 6.61 Å². The smallest absolute Gasteiger partial charge is 0.396 e. The number of aliphatic hydroxyl groups excluding tert-OH is 1. The van der Waals surface area contributed by atoms with Gasteiger partial charge in [-0.2, -0.15) is 26.3 Å². The molecule has 0 aromatic carbocycles. The molecule has 0 aromatic rings. The highest BCUT2D eigenvalue weighted by Crippen LogP contribution is 2.35. The van der Waals surface area contributed by atoms with Crippen LogP contribution in [0.15, 0.2) is 0 Å². The van der Waals surface area contributed by atoms with E-state index in [1.165, 1.54) is 0 Å². The molecule has 0 aliphatic heterocycles. The Morgan fingerprint density at radius 3 is 1.08 bits per heavy atom. The fraction of sp³-hybridized carbons (Fsp3) is 1.00. The average Bonchev–Trinajstić information content (AvgIpc) is 1.84. The molecule has 0 rings (SSSR count). The first kappa shape index (κ1) is 14.1. The van der Waals surface area contributed by atoms with E-state index >= 15 is 0 Å². The minimum absolute atomic E-state index is 0.319. The number of rotatable bonds is 1. The Balaban J connectivity index is 0. The molecule has 12 heavy (non-hydrogen) atoms. The van der Waals surface area contributed by atoms with Crippen LogP contribution in [0.2, 0.25) is 0 Å². The molecule has 0 fully saturated rings. The number of hydrogen-bond acceptors (Lipinski definition) is 1. The van der Waals surface area contributed by atoms with Crippen molar-refractivity contribution in [3.05, 3.63) is 0 Å². The first-order valence-electron chi connectivity index (χ1n) is 2.91. The van der Waals surface area contributed by atoms with Gasteiger partial charge in [-0.25, -0.2) is 0 Å². The summed E-state index contributed by atoms with van der Waals surface area (Å²) < 4.78 is 62.6. The topological polar surface area (TPSA) is 20.2 Å². The van der Waals surface area contributed by atoms with Crippen LogP contribution in [0.4, 0.5) is 26.3 Å². The zero-order valence-corrected chi connectivity index (χ0v) is 6.13. The van der Waals surface area contributed by atoms with Gasteiger partial charge in [0.25, 0.3) is 0 Å². The van der Waals surface area contributed by atoms with Gasteiger partial charge in [-0.05, 0) is 6.42 Å². The van der Waals surface area contributed by atoms with E-state index < -0.39 is 12.4 Å². The summed E-state index contributed by atoms with van der Waals surface area (Å²) in [7, 11) is 0. The van der Waals surface area contributed by atoms with Crippen LogP contribution in [0.25, 0.3) is 0 Å². The molecule has 1 nitrogen and oxygen atoms in total. The molecule has 76 valence electrons. The lowest BCUT2D eigenvalue weighted by Crippen LogP contribution is -2.30. The van der Waals surface area contributed by atoms with E-state index in [2.05, 4.69) is 0 Å².